The summed E-state index contributed by atoms with van der Waals surface area (Å²) in [5, 5.41) is 16.3. The van der Waals surface area contributed by atoms with E-state index in [-0.39, 0.29) is 18.6 Å². The fourth-order valence-electron chi connectivity index (χ4n) is 2.45. The zero-order chi connectivity index (χ0) is 19.7. The Hall–Kier alpha value is -2.33. The average molecular weight is 356 g/mol. The van der Waals surface area contributed by atoms with Crippen molar-refractivity contribution in [2.24, 2.45) is 10.9 Å². The van der Waals surface area contributed by atoms with E-state index in [0.717, 1.165) is 40.5 Å². The number of allylic oxidation sites excluding steroid dienone is 3. The van der Waals surface area contributed by atoms with Crippen molar-refractivity contribution >= 4 is 17.1 Å². The summed E-state index contributed by atoms with van der Waals surface area (Å²) in [4.78, 5) is 4.72. The Bertz CT molecular complexity index is 669. The molecule has 0 heterocycles. The Morgan fingerprint density at radius 1 is 1.23 bits per heavy atom. The van der Waals surface area contributed by atoms with Gasteiger partial charge in [-0.25, -0.2) is 4.99 Å². The van der Waals surface area contributed by atoms with Gasteiger partial charge in [0.15, 0.2) is 0 Å². The van der Waals surface area contributed by atoms with Crippen LogP contribution in [-0.2, 0) is 0 Å². The van der Waals surface area contributed by atoms with Crippen molar-refractivity contribution in [1.82, 2.24) is 5.32 Å². The topological polar surface area (TPSA) is 56.7 Å². The second kappa shape index (κ2) is 10.6. The quantitative estimate of drug-likeness (QED) is 0.333. The Balaban J connectivity index is 3.05. The summed E-state index contributed by atoms with van der Waals surface area (Å²) in [6, 6.07) is 8.04. The molecular weight excluding hydrogens is 322 g/mol. The predicted octanol–water partition coefficient (Wildman–Crippen LogP) is 4.96. The maximum atomic E-state index is 9.63. The molecule has 0 radical (unpaired) electrons. The first-order valence-electron chi connectivity index (χ1n) is 9.13. The molecule has 3 N–H and O–H groups in total. The molecule has 4 heteroatoms. The van der Waals surface area contributed by atoms with Crippen molar-refractivity contribution in [1.29, 1.82) is 0 Å². The Morgan fingerprint density at radius 3 is 2.27 bits per heavy atom. The first-order chi connectivity index (χ1) is 12.3. The second-order valence-electron chi connectivity index (χ2n) is 6.79. The van der Waals surface area contributed by atoms with Crippen LogP contribution in [0.15, 0.2) is 59.9 Å². The SMILES string of the molecule is C=C/C(CC)=C(\N=C(/C)Nc1ccc(C(=C)C)cc1)NC(CO)C(C)C. The van der Waals surface area contributed by atoms with Gasteiger partial charge in [0.1, 0.15) is 11.7 Å². The highest BCUT2D eigenvalue weighted by atomic mass is 16.3. The first kappa shape index (κ1) is 21.7. The molecule has 1 unspecified atom stereocenters. The van der Waals surface area contributed by atoms with Gasteiger partial charge in [-0.2, -0.15) is 0 Å². The Morgan fingerprint density at radius 2 is 1.85 bits per heavy atom. The molecule has 1 rings (SSSR count). The van der Waals surface area contributed by atoms with E-state index < -0.39 is 0 Å². The van der Waals surface area contributed by atoms with Crippen LogP contribution in [0.25, 0.3) is 5.57 Å². The third-order valence-electron chi connectivity index (χ3n) is 4.24. The smallest absolute Gasteiger partial charge is 0.131 e. The van der Waals surface area contributed by atoms with Crippen molar-refractivity contribution in [3.63, 3.8) is 0 Å². The highest BCUT2D eigenvalue weighted by Crippen LogP contribution is 2.17. The van der Waals surface area contributed by atoms with Gasteiger partial charge in [-0.3, -0.25) is 0 Å². The van der Waals surface area contributed by atoms with E-state index in [9.17, 15) is 5.11 Å². The number of rotatable bonds is 9. The van der Waals surface area contributed by atoms with E-state index in [1.165, 1.54) is 0 Å². The predicted molar refractivity (Wildman–Crippen MR) is 114 cm³/mol. The molecule has 0 aliphatic rings. The second-order valence-corrected chi connectivity index (χ2v) is 6.79. The lowest BCUT2D eigenvalue weighted by molar-refractivity contribution is 0.219. The maximum absolute atomic E-state index is 9.63. The number of hydrogen-bond donors (Lipinski definition) is 3. The van der Waals surface area contributed by atoms with Crippen LogP contribution in [0.1, 0.15) is 46.6 Å². The van der Waals surface area contributed by atoms with Crippen LogP contribution in [0.2, 0.25) is 0 Å². The lowest BCUT2D eigenvalue weighted by Gasteiger charge is -2.23. The number of aliphatic hydroxyl groups is 1. The molecule has 0 bridgehead atoms. The number of benzene rings is 1. The monoisotopic (exact) mass is 355 g/mol. The Labute approximate surface area is 158 Å². The van der Waals surface area contributed by atoms with Crippen LogP contribution in [-0.4, -0.2) is 23.6 Å². The van der Waals surface area contributed by atoms with Crippen LogP contribution in [0.5, 0.6) is 0 Å². The van der Waals surface area contributed by atoms with Gasteiger partial charge in [0.25, 0.3) is 0 Å². The minimum Gasteiger partial charge on any atom is -0.394 e. The molecule has 0 aromatic heterocycles. The van der Waals surface area contributed by atoms with Gasteiger partial charge in [0.2, 0.25) is 0 Å². The minimum atomic E-state index is -0.0575. The number of nitrogens with one attached hydrogen (secondary N) is 2. The zero-order valence-electron chi connectivity index (χ0n) is 16.8. The largest absolute Gasteiger partial charge is 0.394 e. The summed E-state index contributed by atoms with van der Waals surface area (Å²) in [6.07, 6.45) is 2.63. The summed E-state index contributed by atoms with van der Waals surface area (Å²) in [6.45, 7) is 18.0. The van der Waals surface area contributed by atoms with Gasteiger partial charge in [0, 0.05) is 5.69 Å². The van der Waals surface area contributed by atoms with Gasteiger partial charge in [-0.15, -0.1) is 0 Å². The molecular formula is C22H33N3O. The molecule has 142 valence electrons. The first-order valence-corrected chi connectivity index (χ1v) is 9.13. The molecule has 1 aromatic rings. The van der Waals surface area contributed by atoms with Crippen molar-refractivity contribution in [2.45, 2.75) is 47.1 Å². The molecule has 4 nitrogen and oxygen atoms in total. The lowest BCUT2D eigenvalue weighted by atomic mass is 10.0. The number of anilines is 1. The highest BCUT2D eigenvalue weighted by Gasteiger charge is 2.14. The molecule has 0 amide bonds. The molecule has 1 aromatic carbocycles. The molecule has 0 aliphatic heterocycles. The van der Waals surface area contributed by atoms with E-state index in [1.54, 1.807) is 0 Å². The van der Waals surface area contributed by atoms with Crippen molar-refractivity contribution in [3.05, 3.63) is 60.5 Å². The molecule has 0 fully saturated rings. The summed E-state index contributed by atoms with van der Waals surface area (Å²) in [5.74, 6) is 1.80. The van der Waals surface area contributed by atoms with Crippen molar-refractivity contribution in [2.75, 3.05) is 11.9 Å². The maximum Gasteiger partial charge on any atom is 0.131 e. The molecule has 0 spiro atoms. The number of nitrogens with zero attached hydrogens (tertiary/aromatic N) is 1. The van der Waals surface area contributed by atoms with E-state index in [4.69, 9.17) is 4.99 Å². The van der Waals surface area contributed by atoms with Crippen LogP contribution in [0, 0.1) is 5.92 Å². The van der Waals surface area contributed by atoms with Crippen LogP contribution < -0.4 is 10.6 Å². The summed E-state index contributed by atoms with van der Waals surface area (Å²) >= 11 is 0. The zero-order valence-corrected chi connectivity index (χ0v) is 16.8. The summed E-state index contributed by atoms with van der Waals surface area (Å²) < 4.78 is 0. The standard InChI is InChI=1S/C22H33N3O/c1-8-18(9-2)22(25-21(14-26)16(5)6)24-17(7)23-20-12-10-19(11-13-20)15(3)4/h8,10-13,16,21,25-26H,1,3,9,14H2,2,4-7H3,(H,23,24)/b22-18-. The van der Waals surface area contributed by atoms with Crippen LogP contribution in [0.3, 0.4) is 0 Å². The van der Waals surface area contributed by atoms with E-state index in [1.807, 2.05) is 44.2 Å². The van der Waals surface area contributed by atoms with Gasteiger partial charge in [0.05, 0.1) is 12.6 Å². The number of amidine groups is 1. The van der Waals surface area contributed by atoms with Gasteiger partial charge < -0.3 is 15.7 Å². The highest BCUT2D eigenvalue weighted by molar-refractivity contribution is 5.94. The fourth-order valence-corrected chi connectivity index (χ4v) is 2.45. The third-order valence-corrected chi connectivity index (χ3v) is 4.24. The number of hydrogen-bond acceptors (Lipinski definition) is 3. The van der Waals surface area contributed by atoms with Gasteiger partial charge in [-0.1, -0.05) is 57.7 Å². The average Bonchev–Trinajstić information content (AvgIpc) is 2.60. The van der Waals surface area contributed by atoms with Crippen molar-refractivity contribution in [3.8, 4) is 0 Å². The minimum absolute atomic E-state index is 0.0552. The number of aliphatic imine (C=N–C) groups is 1. The van der Waals surface area contributed by atoms with E-state index in [2.05, 4.69) is 44.6 Å². The van der Waals surface area contributed by atoms with E-state index >= 15 is 0 Å². The van der Waals surface area contributed by atoms with Crippen LogP contribution >= 0.6 is 0 Å². The molecule has 26 heavy (non-hydrogen) atoms. The number of aliphatic hydroxyl groups excluding tert-OH is 1. The van der Waals surface area contributed by atoms with Crippen LogP contribution in [0.4, 0.5) is 5.69 Å². The lowest BCUT2D eigenvalue weighted by Crippen LogP contribution is -2.37. The molecule has 0 saturated heterocycles. The molecule has 0 saturated carbocycles. The normalized spacial score (nSPS) is 13.9. The van der Waals surface area contributed by atoms with Gasteiger partial charge >= 0.3 is 0 Å². The van der Waals surface area contributed by atoms with E-state index in [0.29, 0.717) is 0 Å². The summed E-state index contributed by atoms with van der Waals surface area (Å²) in [5.41, 5.74) is 4.14. The van der Waals surface area contributed by atoms with Gasteiger partial charge in [-0.05, 0) is 49.5 Å². The molecule has 1 atom stereocenters. The molecule has 0 aliphatic carbocycles. The summed E-state index contributed by atoms with van der Waals surface area (Å²) in [7, 11) is 0. The van der Waals surface area contributed by atoms with Crippen molar-refractivity contribution < 1.29 is 5.11 Å². The Kier molecular flexibility index (Phi) is 8.86. The third kappa shape index (κ3) is 6.52. The fraction of sp³-hybridized carbons (Fsp3) is 0.409.